The highest BCUT2D eigenvalue weighted by molar-refractivity contribution is 6.06. The highest BCUT2D eigenvalue weighted by Gasteiger charge is 2.42. The first-order valence-electron chi connectivity index (χ1n) is 7.60. The first-order valence-corrected chi connectivity index (χ1v) is 7.60. The van der Waals surface area contributed by atoms with Crippen molar-refractivity contribution in [3.63, 3.8) is 0 Å². The lowest BCUT2D eigenvalue weighted by atomic mass is 9.78. The van der Waals surface area contributed by atoms with Crippen LogP contribution in [-0.4, -0.2) is 35.9 Å². The van der Waals surface area contributed by atoms with E-state index >= 15 is 0 Å². The van der Waals surface area contributed by atoms with Gasteiger partial charge in [-0.05, 0) is 19.8 Å². The van der Waals surface area contributed by atoms with Crippen LogP contribution >= 0.6 is 0 Å². The summed E-state index contributed by atoms with van der Waals surface area (Å²) in [5, 5.41) is 17.5. The van der Waals surface area contributed by atoms with E-state index in [0.717, 1.165) is 25.7 Å². The first-order chi connectivity index (χ1) is 10.1. The zero-order chi connectivity index (χ0) is 15.7. The lowest BCUT2D eigenvalue weighted by Gasteiger charge is -2.29. The predicted molar refractivity (Wildman–Crippen MR) is 79.9 cm³/mol. The largest absolute Gasteiger partial charge is 0.409 e. The second-order valence-corrected chi connectivity index (χ2v) is 5.44. The van der Waals surface area contributed by atoms with Crippen molar-refractivity contribution in [2.24, 2.45) is 16.3 Å². The molecule has 1 saturated carbocycles. The van der Waals surface area contributed by atoms with Crippen LogP contribution in [0.4, 0.5) is 0 Å². The second kappa shape index (κ2) is 8.49. The van der Waals surface area contributed by atoms with Gasteiger partial charge in [0, 0.05) is 19.5 Å². The Bertz CT molecular complexity index is 388. The van der Waals surface area contributed by atoms with Gasteiger partial charge in [-0.2, -0.15) is 0 Å². The normalized spacial score (nSPS) is 18.6. The standard InChI is InChI=1S/C14H26N4O3/c1-2-16-11(19)7-10-17-13(20)14(12(15)18-21)8-5-3-4-6-9-14/h21H,2-10H2,1H3,(H2,15,18)(H,16,19)(H,17,20). The molecule has 0 aromatic rings. The summed E-state index contributed by atoms with van der Waals surface area (Å²) in [5.74, 6) is -0.375. The molecule has 1 aliphatic rings. The van der Waals surface area contributed by atoms with Gasteiger partial charge in [0.15, 0.2) is 5.84 Å². The monoisotopic (exact) mass is 298 g/mol. The third-order valence-corrected chi connectivity index (χ3v) is 4.00. The van der Waals surface area contributed by atoms with Crippen molar-refractivity contribution >= 4 is 17.6 Å². The minimum absolute atomic E-state index is 0.0279. The summed E-state index contributed by atoms with van der Waals surface area (Å²) in [7, 11) is 0. The Balaban J connectivity index is 2.66. The number of hydrogen-bond acceptors (Lipinski definition) is 4. The molecule has 0 bridgehead atoms. The summed E-state index contributed by atoms with van der Waals surface area (Å²) < 4.78 is 0. The molecule has 0 saturated heterocycles. The van der Waals surface area contributed by atoms with Crippen molar-refractivity contribution in [3.8, 4) is 0 Å². The smallest absolute Gasteiger partial charge is 0.233 e. The zero-order valence-electron chi connectivity index (χ0n) is 12.7. The number of oxime groups is 1. The van der Waals surface area contributed by atoms with E-state index < -0.39 is 5.41 Å². The number of rotatable bonds is 6. The van der Waals surface area contributed by atoms with Crippen molar-refractivity contribution in [1.29, 1.82) is 0 Å². The molecule has 0 heterocycles. The number of nitrogens with two attached hydrogens (primary N) is 1. The highest BCUT2D eigenvalue weighted by Crippen LogP contribution is 2.35. The van der Waals surface area contributed by atoms with Crippen LogP contribution in [0.3, 0.4) is 0 Å². The lowest BCUT2D eigenvalue weighted by molar-refractivity contribution is -0.128. The molecule has 0 aromatic carbocycles. The third-order valence-electron chi connectivity index (χ3n) is 4.00. The maximum Gasteiger partial charge on any atom is 0.233 e. The molecule has 1 fully saturated rings. The van der Waals surface area contributed by atoms with Crippen molar-refractivity contribution in [2.45, 2.75) is 51.9 Å². The molecular formula is C14H26N4O3. The van der Waals surface area contributed by atoms with Crippen molar-refractivity contribution in [2.75, 3.05) is 13.1 Å². The third kappa shape index (κ3) is 4.61. The van der Waals surface area contributed by atoms with E-state index in [4.69, 9.17) is 10.9 Å². The van der Waals surface area contributed by atoms with E-state index in [1.165, 1.54) is 0 Å². The topological polar surface area (TPSA) is 117 Å². The van der Waals surface area contributed by atoms with Crippen LogP contribution in [0, 0.1) is 5.41 Å². The molecule has 1 aliphatic carbocycles. The van der Waals surface area contributed by atoms with Crippen LogP contribution in [0.1, 0.15) is 51.9 Å². The van der Waals surface area contributed by atoms with Crippen LogP contribution in [-0.2, 0) is 9.59 Å². The molecule has 0 radical (unpaired) electrons. The van der Waals surface area contributed by atoms with Crippen LogP contribution < -0.4 is 16.4 Å². The fraction of sp³-hybridized carbons (Fsp3) is 0.786. The van der Waals surface area contributed by atoms with E-state index in [1.807, 2.05) is 6.92 Å². The number of amidine groups is 1. The molecule has 120 valence electrons. The predicted octanol–water partition coefficient (Wildman–Crippen LogP) is 0.716. The molecule has 0 aliphatic heterocycles. The maximum atomic E-state index is 12.5. The summed E-state index contributed by atoms with van der Waals surface area (Å²) in [6.45, 7) is 2.67. The summed E-state index contributed by atoms with van der Waals surface area (Å²) in [6.07, 6.45) is 5.23. The van der Waals surface area contributed by atoms with E-state index in [2.05, 4.69) is 15.8 Å². The Hall–Kier alpha value is -1.79. The SMILES string of the molecule is CCNC(=O)CCNC(=O)C1(C(N)=NO)CCCCCC1. The Morgan fingerprint density at radius 2 is 1.81 bits per heavy atom. The van der Waals surface area contributed by atoms with Gasteiger partial charge in [0.2, 0.25) is 11.8 Å². The van der Waals surface area contributed by atoms with E-state index in [-0.39, 0.29) is 30.6 Å². The Morgan fingerprint density at radius 1 is 1.19 bits per heavy atom. The number of nitrogens with one attached hydrogen (secondary N) is 2. The van der Waals surface area contributed by atoms with Crippen molar-refractivity contribution < 1.29 is 14.8 Å². The van der Waals surface area contributed by atoms with Crippen molar-refractivity contribution in [3.05, 3.63) is 0 Å². The zero-order valence-corrected chi connectivity index (χ0v) is 12.7. The lowest BCUT2D eigenvalue weighted by Crippen LogP contribution is -2.50. The van der Waals surface area contributed by atoms with Crippen molar-refractivity contribution in [1.82, 2.24) is 10.6 Å². The minimum atomic E-state index is -0.938. The Labute approximate surface area is 125 Å². The number of amides is 2. The molecule has 0 unspecified atom stereocenters. The van der Waals surface area contributed by atoms with Gasteiger partial charge in [-0.3, -0.25) is 9.59 Å². The van der Waals surface area contributed by atoms with E-state index in [1.54, 1.807) is 0 Å². The molecule has 0 aromatic heterocycles. The average Bonchev–Trinajstić information content (AvgIpc) is 2.73. The average molecular weight is 298 g/mol. The molecule has 2 amide bonds. The van der Waals surface area contributed by atoms with E-state index in [0.29, 0.717) is 19.4 Å². The Morgan fingerprint density at radius 3 is 2.33 bits per heavy atom. The maximum absolute atomic E-state index is 12.5. The highest BCUT2D eigenvalue weighted by atomic mass is 16.4. The van der Waals surface area contributed by atoms with Gasteiger partial charge in [-0.1, -0.05) is 30.8 Å². The first kappa shape index (κ1) is 17.3. The van der Waals surface area contributed by atoms with Gasteiger partial charge in [-0.15, -0.1) is 0 Å². The fourth-order valence-corrected chi connectivity index (χ4v) is 2.77. The van der Waals surface area contributed by atoms with Gasteiger partial charge in [-0.25, -0.2) is 0 Å². The summed E-state index contributed by atoms with van der Waals surface area (Å²) in [5.41, 5.74) is 4.85. The summed E-state index contributed by atoms with van der Waals surface area (Å²) >= 11 is 0. The Kier molecular flexibility index (Phi) is 6.98. The summed E-state index contributed by atoms with van der Waals surface area (Å²) in [6, 6.07) is 0. The van der Waals surface area contributed by atoms with Gasteiger partial charge < -0.3 is 21.6 Å². The summed E-state index contributed by atoms with van der Waals surface area (Å²) in [4.78, 5) is 23.9. The second-order valence-electron chi connectivity index (χ2n) is 5.44. The van der Waals surface area contributed by atoms with Gasteiger partial charge in [0.25, 0.3) is 0 Å². The molecule has 21 heavy (non-hydrogen) atoms. The molecular weight excluding hydrogens is 272 g/mol. The molecule has 5 N–H and O–H groups in total. The number of carbonyl (C=O) groups excluding carboxylic acids is 2. The van der Waals surface area contributed by atoms with Crippen LogP contribution in [0.2, 0.25) is 0 Å². The molecule has 0 atom stereocenters. The molecule has 0 spiro atoms. The minimum Gasteiger partial charge on any atom is -0.409 e. The number of carbonyl (C=O) groups is 2. The van der Waals surface area contributed by atoms with Crippen LogP contribution in [0.5, 0.6) is 0 Å². The molecule has 7 nitrogen and oxygen atoms in total. The fourth-order valence-electron chi connectivity index (χ4n) is 2.77. The van der Waals surface area contributed by atoms with Gasteiger partial charge in [0.05, 0.1) is 0 Å². The van der Waals surface area contributed by atoms with E-state index in [9.17, 15) is 9.59 Å². The van der Waals surface area contributed by atoms with Crippen LogP contribution in [0.15, 0.2) is 5.16 Å². The quantitative estimate of drug-likeness (QED) is 0.190. The van der Waals surface area contributed by atoms with Crippen LogP contribution in [0.25, 0.3) is 0 Å². The number of nitrogens with zero attached hydrogens (tertiary/aromatic N) is 1. The molecule has 7 heteroatoms. The molecule has 1 rings (SSSR count). The van der Waals surface area contributed by atoms with Gasteiger partial charge in [0.1, 0.15) is 5.41 Å². The van der Waals surface area contributed by atoms with Gasteiger partial charge >= 0.3 is 0 Å². The number of hydrogen-bond donors (Lipinski definition) is 4.